The number of benzene rings is 2. The first kappa shape index (κ1) is 16.4. The van der Waals surface area contributed by atoms with E-state index in [4.69, 9.17) is 16.3 Å². The Labute approximate surface area is 136 Å². The SMILES string of the molecule is Cc1cc(C)c(OCCNC(=O)c2ccccc2Cl)c(C)c1. The average molecular weight is 318 g/mol. The van der Waals surface area contributed by atoms with Crippen LogP contribution in [-0.4, -0.2) is 19.1 Å². The molecule has 4 heteroatoms. The maximum Gasteiger partial charge on any atom is 0.252 e. The van der Waals surface area contributed by atoms with Gasteiger partial charge in [-0.1, -0.05) is 41.4 Å². The highest BCUT2D eigenvalue weighted by Gasteiger charge is 2.09. The molecule has 0 aliphatic heterocycles. The molecule has 0 fully saturated rings. The van der Waals surface area contributed by atoms with Crippen LogP contribution in [0, 0.1) is 20.8 Å². The van der Waals surface area contributed by atoms with Crippen LogP contribution in [0.3, 0.4) is 0 Å². The molecule has 0 aliphatic carbocycles. The molecule has 0 aromatic heterocycles. The van der Waals surface area contributed by atoms with E-state index in [1.54, 1.807) is 24.3 Å². The zero-order valence-corrected chi connectivity index (χ0v) is 13.8. The highest BCUT2D eigenvalue weighted by molar-refractivity contribution is 6.33. The molecular weight excluding hydrogens is 298 g/mol. The molecule has 0 bridgehead atoms. The molecule has 0 radical (unpaired) electrons. The number of carbonyl (C=O) groups is 1. The number of hydrogen-bond donors (Lipinski definition) is 1. The Kier molecular flexibility index (Phi) is 5.45. The van der Waals surface area contributed by atoms with Crippen LogP contribution in [0.2, 0.25) is 5.02 Å². The van der Waals surface area contributed by atoms with E-state index in [-0.39, 0.29) is 5.91 Å². The molecule has 1 amide bonds. The van der Waals surface area contributed by atoms with Crippen molar-refractivity contribution >= 4 is 17.5 Å². The Bertz CT molecular complexity index is 660. The van der Waals surface area contributed by atoms with Crippen molar-refractivity contribution in [2.75, 3.05) is 13.2 Å². The van der Waals surface area contributed by atoms with Crippen LogP contribution in [0.5, 0.6) is 5.75 Å². The molecule has 3 nitrogen and oxygen atoms in total. The van der Waals surface area contributed by atoms with Crippen molar-refractivity contribution in [3.63, 3.8) is 0 Å². The van der Waals surface area contributed by atoms with Gasteiger partial charge in [0.2, 0.25) is 0 Å². The standard InChI is InChI=1S/C18H20ClNO2/c1-12-10-13(2)17(14(3)11-12)22-9-8-20-18(21)15-6-4-5-7-16(15)19/h4-7,10-11H,8-9H2,1-3H3,(H,20,21). The lowest BCUT2D eigenvalue weighted by Crippen LogP contribution is -2.28. The van der Waals surface area contributed by atoms with Gasteiger partial charge in [0.25, 0.3) is 5.91 Å². The number of amides is 1. The first-order valence-corrected chi connectivity index (χ1v) is 7.60. The van der Waals surface area contributed by atoms with Crippen molar-refractivity contribution < 1.29 is 9.53 Å². The molecule has 2 rings (SSSR count). The minimum atomic E-state index is -0.188. The number of nitrogens with one attached hydrogen (secondary N) is 1. The summed E-state index contributed by atoms with van der Waals surface area (Å²) in [6.07, 6.45) is 0. The summed E-state index contributed by atoms with van der Waals surface area (Å²) in [5.74, 6) is 0.698. The van der Waals surface area contributed by atoms with Gasteiger partial charge in [0, 0.05) is 0 Å². The van der Waals surface area contributed by atoms with E-state index in [9.17, 15) is 4.79 Å². The summed E-state index contributed by atoms with van der Waals surface area (Å²) in [7, 11) is 0. The predicted molar refractivity (Wildman–Crippen MR) is 89.9 cm³/mol. The van der Waals surface area contributed by atoms with E-state index in [1.807, 2.05) is 13.8 Å². The van der Waals surface area contributed by atoms with Crippen LogP contribution in [-0.2, 0) is 0 Å². The van der Waals surface area contributed by atoms with E-state index < -0.39 is 0 Å². The average Bonchev–Trinajstić information content (AvgIpc) is 2.45. The first-order chi connectivity index (χ1) is 10.5. The summed E-state index contributed by atoms with van der Waals surface area (Å²) >= 11 is 5.99. The minimum Gasteiger partial charge on any atom is -0.491 e. The van der Waals surface area contributed by atoms with Crippen LogP contribution in [0.25, 0.3) is 0 Å². The fraction of sp³-hybridized carbons (Fsp3) is 0.278. The summed E-state index contributed by atoms with van der Waals surface area (Å²) in [6, 6.07) is 11.2. The summed E-state index contributed by atoms with van der Waals surface area (Å²) in [6.45, 7) is 6.96. The lowest BCUT2D eigenvalue weighted by Gasteiger charge is -2.13. The second-order valence-electron chi connectivity index (χ2n) is 5.31. The zero-order valence-electron chi connectivity index (χ0n) is 13.1. The van der Waals surface area contributed by atoms with Crippen molar-refractivity contribution in [2.24, 2.45) is 0 Å². The lowest BCUT2D eigenvalue weighted by molar-refractivity contribution is 0.0947. The van der Waals surface area contributed by atoms with Gasteiger partial charge in [-0.25, -0.2) is 0 Å². The van der Waals surface area contributed by atoms with Gasteiger partial charge in [0.1, 0.15) is 12.4 Å². The molecule has 0 atom stereocenters. The maximum atomic E-state index is 12.0. The smallest absolute Gasteiger partial charge is 0.252 e. The largest absolute Gasteiger partial charge is 0.491 e. The Morgan fingerprint density at radius 1 is 1.14 bits per heavy atom. The van der Waals surface area contributed by atoms with Gasteiger partial charge < -0.3 is 10.1 Å². The number of ether oxygens (including phenoxy) is 1. The fourth-order valence-electron chi connectivity index (χ4n) is 2.45. The van der Waals surface area contributed by atoms with Crippen LogP contribution < -0.4 is 10.1 Å². The highest BCUT2D eigenvalue weighted by Crippen LogP contribution is 2.24. The maximum absolute atomic E-state index is 12.0. The molecule has 0 spiro atoms. The molecule has 0 unspecified atom stereocenters. The monoisotopic (exact) mass is 317 g/mol. The normalized spacial score (nSPS) is 10.4. The van der Waals surface area contributed by atoms with Gasteiger partial charge in [-0.05, 0) is 44.0 Å². The molecular formula is C18H20ClNO2. The number of aryl methyl sites for hydroxylation is 3. The number of halogens is 1. The summed E-state index contributed by atoms with van der Waals surface area (Å²) < 4.78 is 5.79. The van der Waals surface area contributed by atoms with Crippen LogP contribution in [0.1, 0.15) is 27.0 Å². The summed E-state index contributed by atoms with van der Waals surface area (Å²) in [5, 5.41) is 3.26. The highest BCUT2D eigenvalue weighted by atomic mass is 35.5. The third-order valence-electron chi connectivity index (χ3n) is 3.36. The Morgan fingerprint density at radius 2 is 1.77 bits per heavy atom. The third kappa shape index (κ3) is 4.01. The Hall–Kier alpha value is -2.00. The summed E-state index contributed by atoms with van der Waals surface area (Å²) in [5.41, 5.74) is 3.91. The first-order valence-electron chi connectivity index (χ1n) is 7.22. The summed E-state index contributed by atoms with van der Waals surface area (Å²) in [4.78, 5) is 12.0. The van der Waals surface area contributed by atoms with E-state index in [2.05, 4.69) is 24.4 Å². The van der Waals surface area contributed by atoms with Gasteiger partial charge in [0.05, 0.1) is 17.1 Å². The molecule has 0 heterocycles. The van der Waals surface area contributed by atoms with Gasteiger partial charge in [-0.3, -0.25) is 4.79 Å². The predicted octanol–water partition coefficient (Wildman–Crippen LogP) is 4.07. The second kappa shape index (κ2) is 7.32. The number of carbonyl (C=O) groups excluding carboxylic acids is 1. The van der Waals surface area contributed by atoms with Crippen molar-refractivity contribution in [3.8, 4) is 5.75 Å². The molecule has 0 saturated carbocycles. The minimum absolute atomic E-state index is 0.188. The van der Waals surface area contributed by atoms with Crippen molar-refractivity contribution in [2.45, 2.75) is 20.8 Å². The van der Waals surface area contributed by atoms with Crippen molar-refractivity contribution in [3.05, 3.63) is 63.7 Å². The molecule has 22 heavy (non-hydrogen) atoms. The van der Waals surface area contributed by atoms with Crippen LogP contribution in [0.15, 0.2) is 36.4 Å². The number of hydrogen-bond acceptors (Lipinski definition) is 2. The van der Waals surface area contributed by atoms with Gasteiger partial charge in [0.15, 0.2) is 0 Å². The third-order valence-corrected chi connectivity index (χ3v) is 3.69. The Morgan fingerprint density at radius 3 is 2.41 bits per heavy atom. The van der Waals surface area contributed by atoms with E-state index in [1.165, 1.54) is 5.56 Å². The Balaban J connectivity index is 1.88. The van der Waals surface area contributed by atoms with Crippen molar-refractivity contribution in [1.82, 2.24) is 5.32 Å². The van der Waals surface area contributed by atoms with Gasteiger partial charge >= 0.3 is 0 Å². The molecule has 2 aromatic carbocycles. The molecule has 116 valence electrons. The fourth-order valence-corrected chi connectivity index (χ4v) is 2.67. The number of rotatable bonds is 5. The quantitative estimate of drug-likeness (QED) is 0.844. The van der Waals surface area contributed by atoms with Gasteiger partial charge in [-0.2, -0.15) is 0 Å². The van der Waals surface area contributed by atoms with Crippen molar-refractivity contribution in [1.29, 1.82) is 0 Å². The van der Waals surface area contributed by atoms with Crippen LogP contribution in [0.4, 0.5) is 0 Å². The van der Waals surface area contributed by atoms with E-state index in [0.29, 0.717) is 23.7 Å². The lowest BCUT2D eigenvalue weighted by atomic mass is 10.1. The van der Waals surface area contributed by atoms with E-state index >= 15 is 0 Å². The molecule has 1 N–H and O–H groups in total. The zero-order chi connectivity index (χ0) is 16.1. The molecule has 2 aromatic rings. The van der Waals surface area contributed by atoms with Gasteiger partial charge in [-0.15, -0.1) is 0 Å². The van der Waals surface area contributed by atoms with E-state index in [0.717, 1.165) is 16.9 Å². The topological polar surface area (TPSA) is 38.3 Å². The van der Waals surface area contributed by atoms with Crippen LogP contribution >= 0.6 is 11.6 Å². The molecule has 0 aliphatic rings. The molecule has 0 saturated heterocycles. The second-order valence-corrected chi connectivity index (χ2v) is 5.72.